The molecule has 0 aliphatic carbocycles. The fraction of sp³-hybridized carbons (Fsp3) is 0.0250. The van der Waals surface area contributed by atoms with Gasteiger partial charge in [0.05, 0.1) is 28.4 Å². The first-order valence-corrected chi connectivity index (χ1v) is 32.2. The second-order valence-corrected chi connectivity index (χ2v) is 27.1. The molecule has 0 saturated heterocycles. The van der Waals surface area contributed by atoms with Gasteiger partial charge in [0.15, 0.2) is 5.58 Å². The second kappa shape index (κ2) is 20.1. The Bertz CT molecular complexity index is 5120. The van der Waals surface area contributed by atoms with E-state index in [4.69, 9.17) is 4.42 Å². The van der Waals surface area contributed by atoms with Crippen molar-refractivity contribution in [2.24, 2.45) is 0 Å². The summed E-state index contributed by atoms with van der Waals surface area (Å²) in [7, 11) is -2.52. The largest absolute Gasteiger partial charge is 0.454 e. The van der Waals surface area contributed by atoms with Gasteiger partial charge in [-0.05, 0) is 137 Å². The molecule has 16 rings (SSSR count). The molecule has 402 valence electrons. The monoisotopic (exact) mass is 1110 g/mol. The third kappa shape index (κ3) is 8.14. The van der Waals surface area contributed by atoms with Crippen molar-refractivity contribution in [1.82, 2.24) is 0 Å². The maximum Gasteiger partial charge on any atom is 0.159 e. The van der Waals surface area contributed by atoms with Crippen molar-refractivity contribution < 1.29 is 8.81 Å². The maximum absolute atomic E-state index is 18.4. The maximum atomic E-state index is 18.4. The predicted octanol–water partition coefficient (Wildman–Crippen LogP) is 21.6. The van der Waals surface area contributed by atoms with E-state index in [0.29, 0.717) is 5.69 Å². The van der Waals surface area contributed by atoms with Crippen molar-refractivity contribution in [3.05, 3.63) is 303 Å². The number of para-hydroxylation sites is 4. The summed E-state index contributed by atoms with van der Waals surface area (Å²) in [6.07, 6.45) is 0. The Morgan fingerprint density at radius 3 is 1.51 bits per heavy atom. The van der Waals surface area contributed by atoms with Crippen LogP contribution in [0.4, 0.5) is 38.5 Å². The molecule has 3 nitrogen and oxygen atoms in total. The molecule has 0 amide bonds. The van der Waals surface area contributed by atoms with Crippen molar-refractivity contribution in [3.8, 4) is 55.6 Å². The Balaban J connectivity index is 0.948. The summed E-state index contributed by atoms with van der Waals surface area (Å²) in [5, 5.41) is 11.8. The zero-order chi connectivity index (χ0) is 56.8. The lowest BCUT2D eigenvalue weighted by Crippen LogP contribution is -2.56. The zero-order valence-corrected chi connectivity index (χ0v) is 48.0. The van der Waals surface area contributed by atoms with Crippen LogP contribution in [0.25, 0.3) is 110 Å². The Morgan fingerprint density at radius 1 is 0.306 bits per heavy atom. The average molecular weight is 1110 g/mol. The minimum absolute atomic E-state index is 0.315. The standard InChI is InChI=1S/C80H55FN2OSi/c1-85(2)76-44-24-38-64-68-51-74(83(72-41-21-18-34-59(72)54-29-11-5-12-30-54)79-66(55-31-13-6-14-32-55)47-56(48-70(79)81)52-25-7-3-8-26-52)61-36-16-15-35-60(61)67(68)50-69(78(64)76)63-46-45-57(49-77(63)85)82(71-40-20-17-33-58(71)53-27-9-4-10-28-53)73-42-23-39-65-62-37-19-22-43-75(62)84-80(65)73/h3-51H,1-2H3. The van der Waals surface area contributed by atoms with Gasteiger partial charge in [-0.2, -0.15) is 0 Å². The lowest BCUT2D eigenvalue weighted by molar-refractivity contribution is 0.630. The lowest BCUT2D eigenvalue weighted by atomic mass is 9.89. The summed E-state index contributed by atoms with van der Waals surface area (Å²) >= 11 is 0. The summed E-state index contributed by atoms with van der Waals surface area (Å²) in [6, 6.07) is 105. The van der Waals surface area contributed by atoms with E-state index in [2.05, 4.69) is 266 Å². The van der Waals surface area contributed by atoms with Crippen LogP contribution in [0.2, 0.25) is 13.1 Å². The summed E-state index contributed by atoms with van der Waals surface area (Å²) in [5.41, 5.74) is 17.3. The van der Waals surface area contributed by atoms with Gasteiger partial charge in [-0.3, -0.25) is 0 Å². The van der Waals surface area contributed by atoms with Gasteiger partial charge in [0.25, 0.3) is 0 Å². The fourth-order valence-corrected chi connectivity index (χ4v) is 16.8. The van der Waals surface area contributed by atoms with E-state index in [1.807, 2.05) is 48.5 Å². The third-order valence-corrected chi connectivity index (χ3v) is 21.2. The third-order valence-electron chi connectivity index (χ3n) is 17.7. The van der Waals surface area contributed by atoms with Gasteiger partial charge in [-0.25, -0.2) is 4.39 Å². The predicted molar refractivity (Wildman–Crippen MR) is 359 cm³/mol. The molecule has 1 aromatic heterocycles. The Hall–Kier alpha value is -10.6. The molecule has 0 atom stereocenters. The molecular formula is C80H55FN2OSi. The van der Waals surface area contributed by atoms with Crippen molar-refractivity contribution in [3.63, 3.8) is 0 Å². The summed E-state index contributed by atoms with van der Waals surface area (Å²) in [6.45, 7) is 5.03. The smallest absolute Gasteiger partial charge is 0.159 e. The number of rotatable bonds is 10. The van der Waals surface area contributed by atoms with Gasteiger partial charge >= 0.3 is 0 Å². The highest BCUT2D eigenvalue weighted by molar-refractivity contribution is 7.03. The zero-order valence-electron chi connectivity index (χ0n) is 47.0. The van der Waals surface area contributed by atoms with Crippen LogP contribution >= 0.6 is 0 Å². The summed E-state index contributed by atoms with van der Waals surface area (Å²) < 4.78 is 25.3. The number of fused-ring (bicyclic) bond motifs is 9. The molecule has 0 spiro atoms. The molecule has 0 N–H and O–H groups in total. The molecule has 1 aliphatic heterocycles. The highest BCUT2D eigenvalue weighted by Crippen LogP contribution is 2.53. The van der Waals surface area contributed by atoms with Gasteiger partial charge in [0, 0.05) is 38.5 Å². The van der Waals surface area contributed by atoms with Gasteiger partial charge < -0.3 is 14.2 Å². The normalized spacial score (nSPS) is 12.5. The topological polar surface area (TPSA) is 19.6 Å². The van der Waals surface area contributed by atoms with E-state index in [9.17, 15) is 0 Å². The van der Waals surface area contributed by atoms with Crippen LogP contribution < -0.4 is 20.2 Å². The first-order valence-electron chi connectivity index (χ1n) is 29.2. The average Bonchev–Trinajstić information content (AvgIpc) is 1.23. The van der Waals surface area contributed by atoms with E-state index in [1.165, 1.54) is 32.3 Å². The molecule has 1 aliphatic rings. The van der Waals surface area contributed by atoms with Gasteiger partial charge in [-0.1, -0.05) is 250 Å². The van der Waals surface area contributed by atoms with Crippen LogP contribution in [-0.2, 0) is 0 Å². The first kappa shape index (κ1) is 50.2. The number of halogens is 1. The highest BCUT2D eigenvalue weighted by Gasteiger charge is 2.38. The number of anilines is 6. The Kier molecular flexibility index (Phi) is 11.9. The van der Waals surface area contributed by atoms with Crippen LogP contribution in [0.1, 0.15) is 0 Å². The Labute approximate surface area is 494 Å². The SMILES string of the molecule is C[Si]1(C)c2cc(N(c3ccccc3-c3ccccc3)c3cccc4c3oc3ccccc34)ccc2-c2cc3c4ccccc4c(N(c4ccccc4-c4ccccc4)c4c(F)cc(-c5ccccc5)cc4-c4ccccc4)cc3c3cccc1c23. The molecular weight excluding hydrogens is 1050 g/mol. The van der Waals surface area contributed by atoms with Crippen LogP contribution in [0, 0.1) is 5.82 Å². The fourth-order valence-electron chi connectivity index (χ4n) is 13.7. The second-order valence-electron chi connectivity index (χ2n) is 22.8. The molecule has 0 fully saturated rings. The lowest BCUT2D eigenvalue weighted by Gasteiger charge is -2.36. The number of hydrogen-bond acceptors (Lipinski definition) is 3. The van der Waals surface area contributed by atoms with Crippen LogP contribution in [0.5, 0.6) is 0 Å². The molecule has 0 unspecified atom stereocenters. The Morgan fingerprint density at radius 2 is 0.824 bits per heavy atom. The van der Waals surface area contributed by atoms with E-state index in [1.54, 1.807) is 6.07 Å². The molecule has 0 bridgehead atoms. The van der Waals surface area contributed by atoms with Crippen LogP contribution in [0.3, 0.4) is 0 Å². The van der Waals surface area contributed by atoms with Crippen molar-refractivity contribution in [2.45, 2.75) is 13.1 Å². The van der Waals surface area contributed by atoms with Crippen molar-refractivity contribution in [1.29, 1.82) is 0 Å². The van der Waals surface area contributed by atoms with E-state index >= 15 is 4.39 Å². The van der Waals surface area contributed by atoms with Crippen LogP contribution in [0.15, 0.2) is 302 Å². The number of nitrogens with zero attached hydrogens (tertiary/aromatic N) is 2. The molecule has 0 radical (unpaired) electrons. The number of benzene rings is 14. The molecule has 2 heterocycles. The van der Waals surface area contributed by atoms with E-state index in [-0.39, 0.29) is 5.82 Å². The molecule has 14 aromatic carbocycles. The van der Waals surface area contributed by atoms with Crippen molar-refractivity contribution in [2.75, 3.05) is 9.80 Å². The quantitative estimate of drug-likeness (QED) is 0.101. The van der Waals surface area contributed by atoms with E-state index < -0.39 is 8.07 Å². The molecule has 15 aromatic rings. The summed E-state index contributed by atoms with van der Waals surface area (Å²) in [5.74, 6) is -0.315. The van der Waals surface area contributed by atoms with Crippen molar-refractivity contribution >= 4 is 107 Å². The highest BCUT2D eigenvalue weighted by atomic mass is 28.3. The van der Waals surface area contributed by atoms with E-state index in [0.717, 1.165) is 116 Å². The van der Waals surface area contributed by atoms with Gasteiger partial charge in [0.2, 0.25) is 0 Å². The molecule has 5 heteroatoms. The summed E-state index contributed by atoms with van der Waals surface area (Å²) in [4.78, 5) is 4.64. The first-order chi connectivity index (χ1) is 41.9. The number of hydrogen-bond donors (Lipinski definition) is 0. The minimum Gasteiger partial charge on any atom is -0.454 e. The van der Waals surface area contributed by atoms with Gasteiger partial charge in [0.1, 0.15) is 19.5 Å². The van der Waals surface area contributed by atoms with Gasteiger partial charge in [-0.15, -0.1) is 0 Å². The minimum atomic E-state index is -2.52. The number of furan rings is 1. The van der Waals surface area contributed by atoms with Crippen LogP contribution in [-0.4, -0.2) is 8.07 Å². The molecule has 85 heavy (non-hydrogen) atoms. The molecule has 0 saturated carbocycles.